The van der Waals surface area contributed by atoms with Crippen molar-refractivity contribution in [3.63, 3.8) is 0 Å². The first-order valence-corrected chi connectivity index (χ1v) is 7.61. The molecule has 0 aliphatic heterocycles. The summed E-state index contributed by atoms with van der Waals surface area (Å²) in [7, 11) is 0. The summed E-state index contributed by atoms with van der Waals surface area (Å²) >= 11 is 0. The number of aliphatic hydroxyl groups excluding tert-OH is 8. The number of hydrogen-bond acceptors (Lipinski definition) is 8. The van der Waals surface area contributed by atoms with Gasteiger partial charge in [-0.15, -0.1) is 0 Å². The Hall–Kier alpha value is -0.320. The van der Waals surface area contributed by atoms with E-state index in [1.165, 1.54) is 0 Å². The Balaban J connectivity index is 2.62. The number of rotatable bonds is 8. The Labute approximate surface area is 129 Å². The molecule has 22 heavy (non-hydrogen) atoms. The predicted molar refractivity (Wildman–Crippen MR) is 75.6 cm³/mol. The molecule has 8 heteroatoms. The molecular weight excluding hydrogens is 296 g/mol. The first-order valence-electron chi connectivity index (χ1n) is 7.61. The van der Waals surface area contributed by atoms with Gasteiger partial charge in [0.25, 0.3) is 0 Å². The lowest BCUT2D eigenvalue weighted by Gasteiger charge is -2.30. The van der Waals surface area contributed by atoms with Crippen molar-refractivity contribution in [1.29, 1.82) is 0 Å². The van der Waals surface area contributed by atoms with Gasteiger partial charge >= 0.3 is 0 Å². The van der Waals surface area contributed by atoms with E-state index in [0.717, 1.165) is 0 Å². The van der Waals surface area contributed by atoms with E-state index >= 15 is 0 Å². The molecule has 8 N–H and O–H groups in total. The molecule has 8 nitrogen and oxygen atoms in total. The fourth-order valence-electron chi connectivity index (χ4n) is 3.07. The first-order chi connectivity index (χ1) is 10.2. The minimum Gasteiger partial charge on any atom is -0.396 e. The van der Waals surface area contributed by atoms with Crippen LogP contribution in [0.2, 0.25) is 0 Å². The Morgan fingerprint density at radius 1 is 0.909 bits per heavy atom. The van der Waals surface area contributed by atoms with Crippen LogP contribution in [-0.4, -0.2) is 90.2 Å². The summed E-state index contributed by atoms with van der Waals surface area (Å²) in [6.07, 6.45) is -9.50. The highest BCUT2D eigenvalue weighted by molar-refractivity contribution is 4.93. The Bertz CT molecular complexity index is 328. The minimum atomic E-state index is -1.73. The van der Waals surface area contributed by atoms with E-state index in [1.807, 2.05) is 0 Å². The van der Waals surface area contributed by atoms with Crippen LogP contribution in [-0.2, 0) is 0 Å². The molecule has 1 saturated carbocycles. The first kappa shape index (κ1) is 19.7. The van der Waals surface area contributed by atoms with Crippen molar-refractivity contribution < 1.29 is 40.9 Å². The van der Waals surface area contributed by atoms with Gasteiger partial charge in [-0.2, -0.15) is 0 Å². The molecule has 9 atom stereocenters. The van der Waals surface area contributed by atoms with Gasteiger partial charge in [0.1, 0.15) is 18.3 Å². The van der Waals surface area contributed by atoms with Gasteiger partial charge in [-0.05, 0) is 25.2 Å². The summed E-state index contributed by atoms with van der Waals surface area (Å²) < 4.78 is 0. The highest BCUT2D eigenvalue weighted by Gasteiger charge is 2.43. The molecule has 0 aromatic carbocycles. The minimum absolute atomic E-state index is 0.0630. The smallest absolute Gasteiger partial charge is 0.111 e. The van der Waals surface area contributed by atoms with Gasteiger partial charge < -0.3 is 40.9 Å². The van der Waals surface area contributed by atoms with Crippen LogP contribution in [0.5, 0.6) is 0 Å². The van der Waals surface area contributed by atoms with E-state index in [4.69, 9.17) is 0 Å². The molecule has 1 rings (SSSR count). The average molecular weight is 324 g/mol. The van der Waals surface area contributed by atoms with E-state index in [1.54, 1.807) is 6.92 Å². The maximum absolute atomic E-state index is 9.99. The molecule has 0 amide bonds. The lowest BCUT2D eigenvalue weighted by molar-refractivity contribution is -0.138. The molecule has 9 unspecified atom stereocenters. The summed E-state index contributed by atoms with van der Waals surface area (Å²) in [6.45, 7) is 1.22. The standard InChI is InChI=1S/C14H28O8/c1-2-8(16)12(20)14(22)13(21)10(18)4-6-3-9(17)11(19)7(6)5-15/h6-22H,2-5H2,1H3. The van der Waals surface area contributed by atoms with Crippen molar-refractivity contribution in [2.45, 2.75) is 68.9 Å². The molecule has 0 radical (unpaired) electrons. The summed E-state index contributed by atoms with van der Waals surface area (Å²) in [6, 6.07) is 0. The van der Waals surface area contributed by atoms with Crippen molar-refractivity contribution in [2.75, 3.05) is 6.61 Å². The molecular formula is C14H28O8. The van der Waals surface area contributed by atoms with E-state index in [0.29, 0.717) is 0 Å². The van der Waals surface area contributed by atoms with Crippen LogP contribution >= 0.6 is 0 Å². The van der Waals surface area contributed by atoms with E-state index in [-0.39, 0.29) is 25.9 Å². The zero-order chi connectivity index (χ0) is 17.0. The van der Waals surface area contributed by atoms with Crippen molar-refractivity contribution in [1.82, 2.24) is 0 Å². The van der Waals surface area contributed by atoms with Gasteiger partial charge in [-0.1, -0.05) is 6.92 Å². The van der Waals surface area contributed by atoms with Gasteiger partial charge in [0.15, 0.2) is 0 Å². The van der Waals surface area contributed by atoms with Gasteiger partial charge in [0, 0.05) is 12.5 Å². The van der Waals surface area contributed by atoms with E-state index < -0.39 is 54.6 Å². The third kappa shape index (κ3) is 4.36. The second-order valence-electron chi connectivity index (χ2n) is 6.15. The molecule has 0 bridgehead atoms. The van der Waals surface area contributed by atoms with Crippen molar-refractivity contribution in [3.05, 3.63) is 0 Å². The molecule has 1 aliphatic rings. The third-order valence-electron chi connectivity index (χ3n) is 4.64. The van der Waals surface area contributed by atoms with Crippen LogP contribution in [0.1, 0.15) is 26.2 Å². The normalized spacial score (nSPS) is 35.9. The van der Waals surface area contributed by atoms with Gasteiger partial charge in [0.05, 0.1) is 24.4 Å². The number of hydrogen-bond donors (Lipinski definition) is 8. The fraction of sp³-hybridized carbons (Fsp3) is 1.00. The SMILES string of the molecule is CCC(O)C(O)C(O)C(O)C(O)CC1CC(O)C(O)C1CO. The summed E-state index contributed by atoms with van der Waals surface area (Å²) in [5, 5.41) is 77.3. The Morgan fingerprint density at radius 3 is 1.95 bits per heavy atom. The molecule has 132 valence electrons. The van der Waals surface area contributed by atoms with Crippen LogP contribution in [0.15, 0.2) is 0 Å². The maximum atomic E-state index is 9.99. The molecule has 0 heterocycles. The predicted octanol–water partition coefficient (Wildman–Crippen LogP) is -3.06. The Morgan fingerprint density at radius 2 is 1.45 bits per heavy atom. The fourth-order valence-corrected chi connectivity index (χ4v) is 3.07. The third-order valence-corrected chi connectivity index (χ3v) is 4.64. The Kier molecular flexibility index (Phi) is 7.63. The molecule has 1 fully saturated rings. The second kappa shape index (κ2) is 8.51. The average Bonchev–Trinajstić information content (AvgIpc) is 2.77. The van der Waals surface area contributed by atoms with Crippen molar-refractivity contribution >= 4 is 0 Å². The highest BCUT2D eigenvalue weighted by Crippen LogP contribution is 2.36. The second-order valence-corrected chi connectivity index (χ2v) is 6.15. The van der Waals surface area contributed by atoms with Crippen LogP contribution < -0.4 is 0 Å². The van der Waals surface area contributed by atoms with E-state index in [9.17, 15) is 40.9 Å². The highest BCUT2D eigenvalue weighted by atomic mass is 16.4. The van der Waals surface area contributed by atoms with Gasteiger partial charge in [0.2, 0.25) is 0 Å². The van der Waals surface area contributed by atoms with Gasteiger partial charge in [-0.3, -0.25) is 0 Å². The van der Waals surface area contributed by atoms with E-state index in [2.05, 4.69) is 0 Å². The quantitative estimate of drug-likeness (QED) is 0.233. The molecule has 0 saturated heterocycles. The summed E-state index contributed by atoms with van der Waals surface area (Å²) in [5.41, 5.74) is 0. The van der Waals surface area contributed by atoms with Crippen molar-refractivity contribution in [3.8, 4) is 0 Å². The lowest BCUT2D eigenvalue weighted by atomic mass is 9.87. The maximum Gasteiger partial charge on any atom is 0.111 e. The van der Waals surface area contributed by atoms with Crippen LogP contribution in [0.3, 0.4) is 0 Å². The molecule has 0 aromatic heterocycles. The number of aliphatic hydroxyl groups is 8. The zero-order valence-corrected chi connectivity index (χ0v) is 12.6. The van der Waals surface area contributed by atoms with Crippen LogP contribution in [0, 0.1) is 11.8 Å². The molecule has 0 spiro atoms. The zero-order valence-electron chi connectivity index (χ0n) is 12.6. The summed E-state index contributed by atoms with van der Waals surface area (Å²) in [4.78, 5) is 0. The van der Waals surface area contributed by atoms with Crippen LogP contribution in [0.25, 0.3) is 0 Å². The topological polar surface area (TPSA) is 162 Å². The monoisotopic (exact) mass is 324 g/mol. The summed E-state index contributed by atoms with van der Waals surface area (Å²) in [5.74, 6) is -1.06. The van der Waals surface area contributed by atoms with Crippen LogP contribution in [0.4, 0.5) is 0 Å². The molecule has 1 aliphatic carbocycles. The van der Waals surface area contributed by atoms with Gasteiger partial charge in [-0.25, -0.2) is 0 Å². The largest absolute Gasteiger partial charge is 0.396 e. The lowest BCUT2D eigenvalue weighted by Crippen LogP contribution is -2.49. The van der Waals surface area contributed by atoms with Crippen molar-refractivity contribution in [2.24, 2.45) is 11.8 Å². The molecule has 0 aromatic rings.